The van der Waals surface area contributed by atoms with Gasteiger partial charge in [0.25, 0.3) is 5.89 Å². The molecule has 7 nitrogen and oxygen atoms in total. The zero-order chi connectivity index (χ0) is 12.5. The highest BCUT2D eigenvalue weighted by molar-refractivity contribution is 9.10. The molecule has 0 radical (unpaired) electrons. The lowest BCUT2D eigenvalue weighted by molar-refractivity contribution is 0.432. The van der Waals surface area contributed by atoms with Crippen molar-refractivity contribution < 1.29 is 4.52 Å². The van der Waals surface area contributed by atoms with Gasteiger partial charge in [-0.15, -0.1) is 0 Å². The van der Waals surface area contributed by atoms with Crippen LogP contribution >= 0.6 is 15.9 Å². The Bertz CT molecular complexity index is 678. The van der Waals surface area contributed by atoms with Crippen LogP contribution in [0.15, 0.2) is 33.4 Å². The van der Waals surface area contributed by atoms with E-state index in [4.69, 9.17) is 10.3 Å². The first-order chi connectivity index (χ1) is 8.74. The second-order valence-electron chi connectivity index (χ2n) is 3.51. The van der Waals surface area contributed by atoms with Crippen LogP contribution < -0.4 is 5.73 Å². The van der Waals surface area contributed by atoms with Gasteiger partial charge in [0.15, 0.2) is 5.69 Å². The van der Waals surface area contributed by atoms with Gasteiger partial charge in [-0.2, -0.15) is 20.4 Å². The van der Waals surface area contributed by atoms with Gasteiger partial charge in [0.2, 0.25) is 5.82 Å². The topological polar surface area (TPSA) is 107 Å². The number of nitrogens with one attached hydrogen (secondary N) is 1. The van der Waals surface area contributed by atoms with Crippen molar-refractivity contribution in [2.75, 3.05) is 5.73 Å². The number of nitrogens with two attached hydrogens (primary N) is 1. The first-order valence-corrected chi connectivity index (χ1v) is 5.78. The number of hydrogen-bond acceptors (Lipinski definition) is 6. The van der Waals surface area contributed by atoms with Gasteiger partial charge in [-0.05, 0) is 18.2 Å². The molecule has 0 aliphatic carbocycles. The van der Waals surface area contributed by atoms with Crippen molar-refractivity contribution in [1.82, 2.24) is 25.6 Å². The molecule has 2 aromatic heterocycles. The fourth-order valence-corrected chi connectivity index (χ4v) is 1.82. The summed E-state index contributed by atoms with van der Waals surface area (Å²) in [5, 5.41) is 13.9. The summed E-state index contributed by atoms with van der Waals surface area (Å²) in [6, 6.07) is 5.42. The van der Waals surface area contributed by atoms with Gasteiger partial charge >= 0.3 is 0 Å². The van der Waals surface area contributed by atoms with Gasteiger partial charge in [-0.25, -0.2) is 0 Å². The third kappa shape index (κ3) is 1.86. The molecule has 0 aliphatic rings. The quantitative estimate of drug-likeness (QED) is 0.700. The van der Waals surface area contributed by atoms with Crippen LogP contribution in [0.3, 0.4) is 0 Å². The van der Waals surface area contributed by atoms with Crippen molar-refractivity contribution in [2.45, 2.75) is 0 Å². The second kappa shape index (κ2) is 4.22. The summed E-state index contributed by atoms with van der Waals surface area (Å²) in [4.78, 5) is 4.22. The standard InChI is InChI=1S/C10H7BrN6O/c11-5-1-2-7(12)6(3-5)10-14-9(16-18-10)8-4-13-17-15-8/h1-4H,12H2,(H,13,15,17). The van der Waals surface area contributed by atoms with E-state index in [2.05, 4.69) is 41.5 Å². The molecule has 3 N–H and O–H groups in total. The zero-order valence-corrected chi connectivity index (χ0v) is 10.5. The lowest BCUT2D eigenvalue weighted by atomic mass is 10.2. The maximum Gasteiger partial charge on any atom is 0.260 e. The SMILES string of the molecule is Nc1ccc(Br)cc1-c1nc(-c2cn[nH]n2)no1. The van der Waals surface area contributed by atoms with E-state index in [1.54, 1.807) is 6.07 Å². The van der Waals surface area contributed by atoms with Gasteiger partial charge in [0.05, 0.1) is 11.8 Å². The first-order valence-electron chi connectivity index (χ1n) is 4.99. The highest BCUT2D eigenvalue weighted by Gasteiger charge is 2.14. The number of hydrogen-bond donors (Lipinski definition) is 2. The average Bonchev–Trinajstić information content (AvgIpc) is 3.00. The third-order valence-electron chi connectivity index (χ3n) is 2.32. The molecule has 0 bridgehead atoms. The minimum Gasteiger partial charge on any atom is -0.398 e. The highest BCUT2D eigenvalue weighted by atomic mass is 79.9. The maximum atomic E-state index is 5.87. The summed E-state index contributed by atoms with van der Waals surface area (Å²) < 4.78 is 6.05. The summed E-state index contributed by atoms with van der Waals surface area (Å²) in [6.45, 7) is 0. The summed E-state index contributed by atoms with van der Waals surface area (Å²) in [7, 11) is 0. The van der Waals surface area contributed by atoms with E-state index in [1.165, 1.54) is 6.20 Å². The van der Waals surface area contributed by atoms with E-state index in [1.807, 2.05) is 12.1 Å². The van der Waals surface area contributed by atoms with Crippen LogP contribution in [0.25, 0.3) is 23.0 Å². The van der Waals surface area contributed by atoms with Crippen LogP contribution in [0.4, 0.5) is 5.69 Å². The van der Waals surface area contributed by atoms with Crippen molar-refractivity contribution in [3.8, 4) is 23.0 Å². The molecule has 0 spiro atoms. The van der Waals surface area contributed by atoms with Gasteiger partial charge < -0.3 is 10.3 Å². The predicted octanol–water partition coefficient (Wildman–Crippen LogP) is 1.87. The number of nitrogens with zero attached hydrogens (tertiary/aromatic N) is 4. The number of rotatable bonds is 2. The number of anilines is 1. The van der Waals surface area contributed by atoms with Crippen LogP contribution in [0.1, 0.15) is 0 Å². The van der Waals surface area contributed by atoms with E-state index in [0.29, 0.717) is 28.7 Å². The molecule has 3 rings (SSSR count). The highest BCUT2D eigenvalue weighted by Crippen LogP contribution is 2.28. The van der Waals surface area contributed by atoms with E-state index in [0.717, 1.165) is 4.47 Å². The largest absolute Gasteiger partial charge is 0.398 e. The van der Waals surface area contributed by atoms with Gasteiger partial charge in [-0.3, -0.25) is 0 Å². The Morgan fingerprint density at radius 3 is 3.00 bits per heavy atom. The first kappa shape index (κ1) is 10.9. The van der Waals surface area contributed by atoms with E-state index < -0.39 is 0 Å². The van der Waals surface area contributed by atoms with Crippen molar-refractivity contribution in [3.63, 3.8) is 0 Å². The smallest absolute Gasteiger partial charge is 0.260 e. The zero-order valence-electron chi connectivity index (χ0n) is 8.96. The van der Waals surface area contributed by atoms with Gasteiger partial charge in [-0.1, -0.05) is 21.1 Å². The number of benzene rings is 1. The number of nitrogen functional groups attached to an aromatic ring is 1. The van der Waals surface area contributed by atoms with Crippen molar-refractivity contribution in [1.29, 1.82) is 0 Å². The summed E-state index contributed by atoms with van der Waals surface area (Å²) in [5.41, 5.74) is 7.62. The average molecular weight is 307 g/mol. The van der Waals surface area contributed by atoms with Gasteiger partial charge in [0.1, 0.15) is 0 Å². The van der Waals surface area contributed by atoms with Crippen molar-refractivity contribution in [3.05, 3.63) is 28.9 Å². The number of aromatic amines is 1. The maximum absolute atomic E-state index is 5.87. The normalized spacial score (nSPS) is 10.7. The van der Waals surface area contributed by atoms with Crippen molar-refractivity contribution in [2.24, 2.45) is 0 Å². The lowest BCUT2D eigenvalue weighted by Gasteiger charge is -2.00. The lowest BCUT2D eigenvalue weighted by Crippen LogP contribution is -1.90. The number of aromatic nitrogens is 5. The molecule has 90 valence electrons. The molecular formula is C10H7BrN6O. The molecule has 0 fully saturated rings. The summed E-state index contributed by atoms with van der Waals surface area (Å²) in [5.74, 6) is 0.699. The molecule has 0 saturated heterocycles. The van der Waals surface area contributed by atoms with Crippen LogP contribution in [-0.4, -0.2) is 25.6 Å². The third-order valence-corrected chi connectivity index (χ3v) is 2.81. The molecule has 3 aromatic rings. The molecule has 0 atom stereocenters. The molecule has 2 heterocycles. The molecule has 18 heavy (non-hydrogen) atoms. The van der Waals surface area contributed by atoms with Crippen LogP contribution in [-0.2, 0) is 0 Å². The predicted molar refractivity (Wildman–Crippen MR) is 67.2 cm³/mol. The molecular weight excluding hydrogens is 300 g/mol. The second-order valence-corrected chi connectivity index (χ2v) is 4.43. The van der Waals surface area contributed by atoms with E-state index >= 15 is 0 Å². The molecule has 0 aliphatic heterocycles. The Morgan fingerprint density at radius 2 is 2.22 bits per heavy atom. The fraction of sp³-hybridized carbons (Fsp3) is 0. The van der Waals surface area contributed by atoms with Gasteiger partial charge in [0, 0.05) is 10.2 Å². The van der Waals surface area contributed by atoms with Crippen LogP contribution in [0, 0.1) is 0 Å². The van der Waals surface area contributed by atoms with Crippen molar-refractivity contribution >= 4 is 21.6 Å². The minimum absolute atomic E-state index is 0.340. The van der Waals surface area contributed by atoms with E-state index in [-0.39, 0.29) is 0 Å². The Labute approximate surface area is 110 Å². The minimum atomic E-state index is 0.340. The molecule has 0 unspecified atom stereocenters. The Hall–Kier alpha value is -2.22. The monoisotopic (exact) mass is 306 g/mol. The van der Waals surface area contributed by atoms with E-state index in [9.17, 15) is 0 Å². The molecule has 8 heteroatoms. The summed E-state index contributed by atoms with van der Waals surface area (Å²) >= 11 is 3.37. The van der Waals surface area contributed by atoms with Crippen LogP contribution in [0.2, 0.25) is 0 Å². The van der Waals surface area contributed by atoms with Crippen LogP contribution in [0.5, 0.6) is 0 Å². The number of H-pyrrole nitrogens is 1. The Kier molecular flexibility index (Phi) is 2.56. The Balaban J connectivity index is 2.05. The summed E-state index contributed by atoms with van der Waals surface area (Å²) in [6.07, 6.45) is 1.51. The molecule has 0 amide bonds. The Morgan fingerprint density at radius 1 is 1.33 bits per heavy atom. The molecule has 0 saturated carbocycles. The number of halogens is 1. The fourth-order valence-electron chi connectivity index (χ4n) is 1.46. The molecule has 1 aromatic carbocycles.